The van der Waals surface area contributed by atoms with Gasteiger partial charge in [-0.1, -0.05) is 96.0 Å². The second-order valence-corrected chi connectivity index (χ2v) is 7.41. The molecule has 0 heterocycles. The summed E-state index contributed by atoms with van der Waals surface area (Å²) in [4.78, 5) is 23.6. The van der Waals surface area contributed by atoms with Crippen molar-refractivity contribution in [3.8, 4) is 12.3 Å². The summed E-state index contributed by atoms with van der Waals surface area (Å²) in [6, 6.07) is -0.792. The lowest BCUT2D eigenvalue weighted by Crippen LogP contribution is -2.42. The van der Waals surface area contributed by atoms with Crippen LogP contribution >= 0.6 is 0 Å². The van der Waals surface area contributed by atoms with Gasteiger partial charge in [-0.3, -0.25) is 0 Å². The predicted molar refractivity (Wildman–Crippen MR) is 119 cm³/mol. The molecular weight excluding hydrogens is 366 g/mol. The Morgan fingerprint density at radius 3 is 1.93 bits per heavy atom. The van der Waals surface area contributed by atoms with Gasteiger partial charge in [-0.05, 0) is 12.8 Å². The van der Waals surface area contributed by atoms with Crippen molar-refractivity contribution in [1.82, 2.24) is 5.32 Å². The van der Waals surface area contributed by atoms with Crippen molar-refractivity contribution in [2.45, 2.75) is 103 Å². The first-order valence-electron chi connectivity index (χ1n) is 11.3. The van der Waals surface area contributed by atoms with Crippen molar-refractivity contribution in [3.63, 3.8) is 0 Å². The number of carbonyl (C=O) groups is 2. The largest absolute Gasteiger partial charge is 0.464 e. The molecule has 0 saturated carbocycles. The van der Waals surface area contributed by atoms with Gasteiger partial charge in [0.1, 0.15) is 6.04 Å². The summed E-state index contributed by atoms with van der Waals surface area (Å²) in [5.41, 5.74) is 0. The molecule has 0 aromatic rings. The molecule has 0 aliphatic rings. The van der Waals surface area contributed by atoms with E-state index in [1.165, 1.54) is 70.6 Å². The molecule has 1 atom stereocenters. The van der Waals surface area contributed by atoms with Crippen LogP contribution in [-0.4, -0.2) is 31.3 Å². The van der Waals surface area contributed by atoms with Crippen LogP contribution in [0.15, 0.2) is 12.7 Å². The van der Waals surface area contributed by atoms with Crippen LogP contribution in [0.5, 0.6) is 0 Å². The Morgan fingerprint density at radius 1 is 0.931 bits per heavy atom. The third-order valence-electron chi connectivity index (χ3n) is 4.76. The van der Waals surface area contributed by atoms with E-state index in [9.17, 15) is 9.59 Å². The van der Waals surface area contributed by atoms with Gasteiger partial charge >= 0.3 is 12.1 Å². The summed E-state index contributed by atoms with van der Waals surface area (Å²) in [6.45, 7) is 6.07. The molecule has 0 aliphatic carbocycles. The number of rotatable bonds is 19. The molecule has 1 N–H and O–H groups in total. The van der Waals surface area contributed by atoms with Crippen molar-refractivity contribution >= 4 is 12.1 Å². The fourth-order valence-electron chi connectivity index (χ4n) is 3.07. The van der Waals surface area contributed by atoms with Crippen LogP contribution in [0.1, 0.15) is 96.8 Å². The van der Waals surface area contributed by atoms with Crippen LogP contribution in [0.25, 0.3) is 0 Å². The molecule has 0 radical (unpaired) electrons. The molecule has 1 unspecified atom stereocenters. The number of esters is 1. The summed E-state index contributed by atoms with van der Waals surface area (Å²) in [5, 5.41) is 2.45. The van der Waals surface area contributed by atoms with Gasteiger partial charge in [0.25, 0.3) is 0 Å². The topological polar surface area (TPSA) is 64.6 Å². The number of hydrogen-bond acceptors (Lipinski definition) is 4. The van der Waals surface area contributed by atoms with E-state index in [2.05, 4.69) is 24.7 Å². The molecule has 0 aliphatic heterocycles. The first-order chi connectivity index (χ1) is 14.2. The summed E-state index contributed by atoms with van der Waals surface area (Å²) in [7, 11) is 0. The maximum Gasteiger partial charge on any atom is 0.408 e. The number of terminal acetylenes is 1. The van der Waals surface area contributed by atoms with E-state index in [1.54, 1.807) is 6.08 Å². The van der Waals surface area contributed by atoms with E-state index in [-0.39, 0.29) is 13.0 Å². The van der Waals surface area contributed by atoms with Crippen molar-refractivity contribution < 1.29 is 19.1 Å². The van der Waals surface area contributed by atoms with Crippen LogP contribution < -0.4 is 5.32 Å². The Morgan fingerprint density at radius 2 is 1.45 bits per heavy atom. The fraction of sp³-hybridized carbons (Fsp3) is 0.750. The van der Waals surface area contributed by atoms with E-state index in [1.807, 2.05) is 0 Å². The van der Waals surface area contributed by atoms with Crippen LogP contribution in [0.3, 0.4) is 0 Å². The highest BCUT2D eigenvalue weighted by atomic mass is 16.6. The van der Waals surface area contributed by atoms with Gasteiger partial charge in [0.05, 0.1) is 6.61 Å². The average Bonchev–Trinajstić information content (AvgIpc) is 2.72. The van der Waals surface area contributed by atoms with Crippen LogP contribution in [0.2, 0.25) is 0 Å². The Bertz CT molecular complexity index is 470. The third kappa shape index (κ3) is 17.8. The van der Waals surface area contributed by atoms with Gasteiger partial charge in [0.15, 0.2) is 6.61 Å². The van der Waals surface area contributed by atoms with E-state index in [4.69, 9.17) is 15.9 Å². The Hall–Kier alpha value is -1.96. The predicted octanol–water partition coefficient (Wildman–Crippen LogP) is 5.92. The smallest absolute Gasteiger partial charge is 0.408 e. The van der Waals surface area contributed by atoms with Gasteiger partial charge in [-0.15, -0.1) is 13.0 Å². The summed E-state index contributed by atoms with van der Waals surface area (Å²) < 4.78 is 9.98. The summed E-state index contributed by atoms with van der Waals surface area (Å²) in [6.07, 6.45) is 22.6. The van der Waals surface area contributed by atoms with Crippen molar-refractivity contribution in [1.29, 1.82) is 0 Å². The number of carbonyl (C=O) groups excluding carboxylic acids is 2. The zero-order valence-electron chi connectivity index (χ0n) is 18.4. The van der Waals surface area contributed by atoms with Crippen LogP contribution in [0, 0.1) is 12.3 Å². The number of ether oxygens (including phenoxy) is 2. The molecule has 0 fully saturated rings. The molecule has 0 saturated heterocycles. The van der Waals surface area contributed by atoms with Gasteiger partial charge in [0, 0.05) is 0 Å². The van der Waals surface area contributed by atoms with Gasteiger partial charge in [0.2, 0.25) is 0 Å². The minimum atomic E-state index is -0.792. The Kier molecular flexibility index (Phi) is 19.4. The Labute approximate surface area is 178 Å². The molecule has 29 heavy (non-hydrogen) atoms. The summed E-state index contributed by atoms with van der Waals surface area (Å²) in [5.74, 6) is 1.72. The highest BCUT2D eigenvalue weighted by Gasteiger charge is 2.21. The Balaban J connectivity index is 3.62. The lowest BCUT2D eigenvalue weighted by molar-refractivity contribution is -0.146. The van der Waals surface area contributed by atoms with Crippen LogP contribution in [0.4, 0.5) is 4.79 Å². The normalized spacial score (nSPS) is 11.3. The third-order valence-corrected chi connectivity index (χ3v) is 4.76. The molecule has 166 valence electrons. The zero-order valence-corrected chi connectivity index (χ0v) is 18.4. The highest BCUT2D eigenvalue weighted by molar-refractivity contribution is 5.81. The van der Waals surface area contributed by atoms with E-state index < -0.39 is 18.1 Å². The minimum Gasteiger partial charge on any atom is -0.464 e. The molecule has 1 amide bonds. The minimum absolute atomic E-state index is 0.138. The van der Waals surface area contributed by atoms with Gasteiger partial charge in [-0.25, -0.2) is 9.59 Å². The second-order valence-electron chi connectivity index (χ2n) is 7.41. The lowest BCUT2D eigenvalue weighted by atomic mass is 10.0. The molecule has 0 spiro atoms. The van der Waals surface area contributed by atoms with Crippen molar-refractivity contribution in [2.75, 3.05) is 13.2 Å². The molecule has 0 aromatic heterocycles. The molecule has 5 heteroatoms. The second kappa shape index (κ2) is 20.8. The number of nitrogens with one attached hydrogen (secondary N) is 1. The fourth-order valence-corrected chi connectivity index (χ4v) is 3.07. The molecule has 0 rings (SSSR count). The van der Waals surface area contributed by atoms with E-state index >= 15 is 0 Å². The molecule has 5 nitrogen and oxygen atoms in total. The first kappa shape index (κ1) is 27.0. The van der Waals surface area contributed by atoms with Gasteiger partial charge in [-0.2, -0.15) is 0 Å². The number of hydrogen-bond donors (Lipinski definition) is 1. The maximum atomic E-state index is 12.1. The summed E-state index contributed by atoms with van der Waals surface area (Å²) >= 11 is 0. The molecule has 0 aromatic carbocycles. The molecular formula is C24H41NO4. The standard InChI is InChI=1S/C24H41NO4/c1-4-7-8-9-10-11-12-13-14-15-16-17-18-21-28-23(26)22(19-5-2)25-24(27)29-20-6-3/h3,5,22H,2,4,7-21H2,1H3,(H,25,27). The van der Waals surface area contributed by atoms with Gasteiger partial charge < -0.3 is 14.8 Å². The van der Waals surface area contributed by atoms with Crippen LogP contribution in [-0.2, 0) is 14.3 Å². The first-order valence-corrected chi connectivity index (χ1v) is 11.3. The monoisotopic (exact) mass is 407 g/mol. The number of amides is 1. The number of alkyl carbamates (subject to hydrolysis) is 1. The van der Waals surface area contributed by atoms with E-state index in [0.717, 1.165) is 12.8 Å². The van der Waals surface area contributed by atoms with Crippen molar-refractivity contribution in [2.24, 2.45) is 0 Å². The average molecular weight is 408 g/mol. The molecule has 0 bridgehead atoms. The van der Waals surface area contributed by atoms with Crippen molar-refractivity contribution in [3.05, 3.63) is 12.7 Å². The SMILES string of the molecule is C#CCOC(=O)NC(CC=C)C(=O)OCCCCCCCCCCCCCCC. The highest BCUT2D eigenvalue weighted by Crippen LogP contribution is 2.12. The zero-order chi connectivity index (χ0) is 21.6. The number of unbranched alkanes of at least 4 members (excludes halogenated alkanes) is 12. The maximum absolute atomic E-state index is 12.1. The van der Waals surface area contributed by atoms with E-state index in [0.29, 0.717) is 6.61 Å². The quantitative estimate of drug-likeness (QED) is 0.125. The lowest BCUT2D eigenvalue weighted by Gasteiger charge is -2.15.